The summed E-state index contributed by atoms with van der Waals surface area (Å²) in [6, 6.07) is 12.7. The van der Waals surface area contributed by atoms with Gasteiger partial charge in [0.25, 0.3) is 5.91 Å². The third-order valence-corrected chi connectivity index (χ3v) is 7.08. The van der Waals surface area contributed by atoms with Gasteiger partial charge in [0.15, 0.2) is 0 Å². The number of anilines is 1. The van der Waals surface area contributed by atoms with Crippen molar-refractivity contribution >= 4 is 11.7 Å². The number of hydrogen-bond acceptors (Lipinski definition) is 6. The molecule has 2 atom stereocenters. The predicted molar refractivity (Wildman–Crippen MR) is 142 cm³/mol. The van der Waals surface area contributed by atoms with Crippen molar-refractivity contribution in [2.24, 2.45) is 0 Å². The van der Waals surface area contributed by atoms with E-state index in [0.29, 0.717) is 11.1 Å². The molecule has 194 valence electrons. The standard InChI is InChI=1S/C29H34FN5O2/c1-20-17-34(18-21(2)37-20)19-22-8-9-27(32-15-22)35-13-10-24(11-14-35)33-29(36)26-7-3-6-25(28(26)30)23-5-4-12-31-16-23/h3-9,12,15-16,20-21,24H,10-11,13-14,17-19H2,1-2H3,(H,33,36). The first-order chi connectivity index (χ1) is 18.0. The lowest BCUT2D eigenvalue weighted by Gasteiger charge is -2.35. The lowest BCUT2D eigenvalue weighted by molar-refractivity contribution is -0.0705. The highest BCUT2D eigenvalue weighted by molar-refractivity contribution is 5.96. The first-order valence-corrected chi connectivity index (χ1v) is 13.0. The second-order valence-electron chi connectivity index (χ2n) is 10.1. The van der Waals surface area contributed by atoms with Crippen molar-refractivity contribution in [2.45, 2.75) is 51.5 Å². The van der Waals surface area contributed by atoms with Crippen molar-refractivity contribution < 1.29 is 13.9 Å². The minimum absolute atomic E-state index is 0.00484. The van der Waals surface area contributed by atoms with Crippen molar-refractivity contribution in [3.63, 3.8) is 0 Å². The van der Waals surface area contributed by atoms with Crippen molar-refractivity contribution in [1.82, 2.24) is 20.2 Å². The van der Waals surface area contributed by atoms with Crippen LogP contribution in [0.1, 0.15) is 42.6 Å². The summed E-state index contributed by atoms with van der Waals surface area (Å²) in [4.78, 5) is 26.3. The fourth-order valence-electron chi connectivity index (χ4n) is 5.34. The highest BCUT2D eigenvalue weighted by atomic mass is 19.1. The molecule has 0 saturated carbocycles. The number of carbonyl (C=O) groups excluding carboxylic acids is 1. The van der Waals surface area contributed by atoms with Crippen LogP contribution in [0.15, 0.2) is 61.1 Å². The molecule has 2 aliphatic heterocycles. The molecule has 2 unspecified atom stereocenters. The van der Waals surface area contributed by atoms with Crippen LogP contribution < -0.4 is 10.2 Å². The molecule has 5 rings (SSSR count). The molecule has 2 saturated heterocycles. The van der Waals surface area contributed by atoms with Crippen molar-refractivity contribution in [3.8, 4) is 11.1 Å². The third kappa shape index (κ3) is 6.14. The number of nitrogens with one attached hydrogen (secondary N) is 1. The van der Waals surface area contributed by atoms with Gasteiger partial charge in [0, 0.05) is 68.5 Å². The third-order valence-electron chi connectivity index (χ3n) is 7.08. The zero-order chi connectivity index (χ0) is 25.8. The van der Waals surface area contributed by atoms with Crippen molar-refractivity contribution in [2.75, 3.05) is 31.1 Å². The molecule has 7 nitrogen and oxygen atoms in total. The zero-order valence-corrected chi connectivity index (χ0v) is 21.4. The maximum Gasteiger partial charge on any atom is 0.254 e. The van der Waals surface area contributed by atoms with E-state index in [2.05, 4.69) is 46.1 Å². The number of aromatic nitrogens is 2. The van der Waals surface area contributed by atoms with Crippen LogP contribution in [0, 0.1) is 5.82 Å². The number of halogens is 1. The SMILES string of the molecule is CC1CN(Cc2ccc(N3CCC(NC(=O)c4cccc(-c5cccnc5)c4F)CC3)nc2)CC(C)O1. The summed E-state index contributed by atoms with van der Waals surface area (Å²) >= 11 is 0. The number of morpholine rings is 1. The lowest BCUT2D eigenvalue weighted by Crippen LogP contribution is -2.45. The quantitative estimate of drug-likeness (QED) is 0.541. The van der Waals surface area contributed by atoms with Crippen LogP contribution in [0.25, 0.3) is 11.1 Å². The minimum atomic E-state index is -0.518. The number of pyridine rings is 2. The van der Waals surface area contributed by atoms with Gasteiger partial charge in [0.2, 0.25) is 0 Å². The molecule has 1 amide bonds. The summed E-state index contributed by atoms with van der Waals surface area (Å²) in [5.41, 5.74) is 2.28. The molecule has 37 heavy (non-hydrogen) atoms. The van der Waals surface area contributed by atoms with Crippen LogP contribution in [0.5, 0.6) is 0 Å². The number of ether oxygens (including phenoxy) is 1. The molecule has 1 aromatic carbocycles. The highest BCUT2D eigenvalue weighted by Crippen LogP contribution is 2.25. The Bertz CT molecular complexity index is 1190. The fraction of sp³-hybridized carbons (Fsp3) is 0.414. The van der Waals surface area contributed by atoms with Crippen LogP contribution in [-0.2, 0) is 11.3 Å². The van der Waals surface area contributed by atoms with Crippen LogP contribution >= 0.6 is 0 Å². The van der Waals surface area contributed by atoms with E-state index in [0.717, 1.165) is 51.4 Å². The number of benzene rings is 1. The molecule has 1 N–H and O–H groups in total. The Hall–Kier alpha value is -3.36. The largest absolute Gasteiger partial charge is 0.373 e. The minimum Gasteiger partial charge on any atom is -0.373 e. The molecule has 0 spiro atoms. The number of amides is 1. The normalized spacial score (nSPS) is 21.1. The Morgan fingerprint density at radius 2 is 1.84 bits per heavy atom. The Balaban J connectivity index is 1.14. The molecule has 2 aromatic heterocycles. The summed E-state index contributed by atoms with van der Waals surface area (Å²) in [5.74, 6) is 0.0547. The Kier molecular flexibility index (Phi) is 7.76. The van der Waals surface area contributed by atoms with E-state index in [1.54, 1.807) is 36.7 Å². The van der Waals surface area contributed by atoms with Gasteiger partial charge in [0.05, 0.1) is 17.8 Å². The maximum absolute atomic E-state index is 15.2. The van der Waals surface area contributed by atoms with Gasteiger partial charge in [-0.05, 0) is 50.5 Å². The molecular weight excluding hydrogens is 469 g/mol. The molecule has 0 aliphatic carbocycles. The topological polar surface area (TPSA) is 70.6 Å². The highest BCUT2D eigenvalue weighted by Gasteiger charge is 2.25. The van der Waals surface area contributed by atoms with E-state index >= 15 is 4.39 Å². The number of piperidine rings is 1. The van der Waals surface area contributed by atoms with E-state index in [-0.39, 0.29) is 29.7 Å². The van der Waals surface area contributed by atoms with Crippen LogP contribution in [0.2, 0.25) is 0 Å². The van der Waals surface area contributed by atoms with E-state index in [1.807, 2.05) is 6.20 Å². The van der Waals surface area contributed by atoms with Crippen LogP contribution in [0.4, 0.5) is 10.2 Å². The molecule has 3 aromatic rings. The average molecular weight is 504 g/mol. The fourth-order valence-corrected chi connectivity index (χ4v) is 5.34. The van der Waals surface area contributed by atoms with Crippen LogP contribution in [0.3, 0.4) is 0 Å². The van der Waals surface area contributed by atoms with Gasteiger partial charge in [0.1, 0.15) is 11.6 Å². The number of nitrogens with zero attached hydrogens (tertiary/aromatic N) is 4. The Morgan fingerprint density at radius 3 is 2.51 bits per heavy atom. The van der Waals surface area contributed by atoms with Gasteiger partial charge in [-0.2, -0.15) is 0 Å². The van der Waals surface area contributed by atoms with Gasteiger partial charge in [-0.3, -0.25) is 14.7 Å². The lowest BCUT2D eigenvalue weighted by atomic mass is 10.0. The number of rotatable bonds is 6. The van der Waals surface area contributed by atoms with Gasteiger partial charge in [-0.25, -0.2) is 9.37 Å². The van der Waals surface area contributed by atoms with Gasteiger partial charge in [-0.1, -0.05) is 24.3 Å². The van der Waals surface area contributed by atoms with Crippen molar-refractivity contribution in [3.05, 3.63) is 78.0 Å². The number of carbonyl (C=O) groups is 1. The zero-order valence-electron chi connectivity index (χ0n) is 21.4. The molecule has 2 aliphatic rings. The molecule has 4 heterocycles. The average Bonchev–Trinajstić information content (AvgIpc) is 2.90. The van der Waals surface area contributed by atoms with Crippen LogP contribution in [-0.4, -0.2) is 65.2 Å². The van der Waals surface area contributed by atoms with E-state index < -0.39 is 5.82 Å². The smallest absolute Gasteiger partial charge is 0.254 e. The first-order valence-electron chi connectivity index (χ1n) is 13.0. The molecule has 2 fully saturated rings. The van der Waals surface area contributed by atoms with E-state index in [4.69, 9.17) is 9.72 Å². The Morgan fingerprint density at radius 1 is 1.05 bits per heavy atom. The molecule has 8 heteroatoms. The number of hydrogen-bond donors (Lipinski definition) is 1. The summed E-state index contributed by atoms with van der Waals surface area (Å²) in [6.07, 6.45) is 7.26. The van der Waals surface area contributed by atoms with Gasteiger partial charge in [-0.15, -0.1) is 0 Å². The maximum atomic E-state index is 15.2. The summed E-state index contributed by atoms with van der Waals surface area (Å²) in [7, 11) is 0. The Labute approximate surface area is 217 Å². The summed E-state index contributed by atoms with van der Waals surface area (Å²) in [6.45, 7) is 8.55. The monoisotopic (exact) mass is 503 g/mol. The van der Waals surface area contributed by atoms with Gasteiger partial charge >= 0.3 is 0 Å². The summed E-state index contributed by atoms with van der Waals surface area (Å²) < 4.78 is 21.0. The second-order valence-corrected chi connectivity index (χ2v) is 10.1. The predicted octanol–water partition coefficient (Wildman–Crippen LogP) is 4.29. The summed E-state index contributed by atoms with van der Waals surface area (Å²) in [5, 5.41) is 3.03. The molecule has 0 radical (unpaired) electrons. The second kappa shape index (κ2) is 11.4. The van der Waals surface area contributed by atoms with Gasteiger partial charge < -0.3 is 15.0 Å². The molecule has 0 bridgehead atoms. The molecular formula is C29H34FN5O2. The first kappa shape index (κ1) is 25.3. The van der Waals surface area contributed by atoms with E-state index in [1.165, 1.54) is 11.6 Å². The van der Waals surface area contributed by atoms with E-state index in [9.17, 15) is 4.79 Å². The van der Waals surface area contributed by atoms with Crippen molar-refractivity contribution in [1.29, 1.82) is 0 Å².